The van der Waals surface area contributed by atoms with E-state index in [0.717, 1.165) is 73.7 Å². The topological polar surface area (TPSA) is 463 Å². The first kappa shape index (κ1) is 109. The Morgan fingerprint density at radius 2 is 0.891 bits per heavy atom. The van der Waals surface area contributed by atoms with Gasteiger partial charge in [0.2, 0.25) is 19.1 Å². The molecule has 7 aliphatic rings. The summed E-state index contributed by atoms with van der Waals surface area (Å²) < 4.78 is 121. The van der Waals surface area contributed by atoms with Gasteiger partial charge in [-0.2, -0.15) is 27.8 Å². The van der Waals surface area contributed by atoms with E-state index < -0.39 is 60.0 Å². The second-order valence-electron chi connectivity index (χ2n) is 37.2. The minimum atomic E-state index is -2.92. The van der Waals surface area contributed by atoms with Crippen LogP contribution < -0.4 is 52.4 Å². The smallest absolute Gasteiger partial charge is 0.387 e. The number of carbonyl (C=O) groups is 6. The highest BCUT2D eigenvalue weighted by atomic mass is 19.3. The molecule has 4 aromatic heterocycles. The summed E-state index contributed by atoms with van der Waals surface area (Å²) in [4.78, 5) is 131. The lowest BCUT2D eigenvalue weighted by Crippen LogP contribution is -2.50. The molecule has 5 amide bonds. The fourth-order valence-electron chi connectivity index (χ4n) is 19.8. The third kappa shape index (κ3) is 23.3. The maximum Gasteiger partial charge on any atom is 0.387 e. The van der Waals surface area contributed by atoms with Crippen molar-refractivity contribution in [2.45, 2.75) is 218 Å². The van der Waals surface area contributed by atoms with Crippen LogP contribution in [0.5, 0.6) is 28.7 Å². The zero-order valence-electron chi connectivity index (χ0n) is 84.4. The number of nitrogens with two attached hydrogens (primary N) is 5. The summed E-state index contributed by atoms with van der Waals surface area (Å²) in [6, 6.07) is 34.8. The Balaban J connectivity index is 0.000000154. The summed E-state index contributed by atoms with van der Waals surface area (Å²) >= 11 is 0. The number of benzene rings is 6. The summed E-state index contributed by atoms with van der Waals surface area (Å²) in [6.07, 6.45) is 20.3. The normalized spacial score (nSPS) is 22.9. The molecular formula is C105H122F7N23O12. The molecule has 35 nitrogen and oxygen atoms in total. The number of amides is 5. The quantitative estimate of drug-likeness (QED) is 0.0206. The van der Waals surface area contributed by atoms with Crippen molar-refractivity contribution in [1.29, 1.82) is 0 Å². The molecule has 147 heavy (non-hydrogen) atoms. The number of guanidine groups is 5. The summed E-state index contributed by atoms with van der Waals surface area (Å²) in [7, 11) is 10.1. The van der Waals surface area contributed by atoms with Crippen LogP contribution in [0.2, 0.25) is 0 Å². The standard InChI is InChI=1S/C23H22FN5O2.C21H24F2N4O3.C21H30F2N4O2.C20H22FN5O3.C20H24FN5O2/c1-14-11-19(7-8-20(14)31-15(2)24)23(21(30)29(3)22(25)28-23)18-6-4-5-16(12-18)17-9-10-26-27-13-17;1-12-10-15(6-7-16(12)30-19(22)23)21(18(28)27(2)20(24)26-21)14-5-3-4-13(11-14)17-25-8-9-29-17;1-5-6-16-12-15(9-10-26(16)3)21(18(28)27(4)20(24)25-21)14-7-8-17(13(2)11-14)29-19(22)23;1-12-8-15(4-5-17(12)29-13(2)21)20(18(28)26(3)19(22)25-20)7-6-16(27)14-9-23-11-24-10-14;1-13-9-16(6-7-17(13)28-14(2)21)20(18(27)26(3)19(22)25-20)8-4-5-15-10-23-12-24-11-15/h4-13,15H,1-3H3,(H2,25,28);6-10,13-14,19H,3-5,11H2,1-2H3,(H2,24,26);7-8,11,15-16,19H,5-6,9-10,12H2,1-4H3,(H2,24,25);4-5,8-11,13H,6-7H2,1-3H3,(H2,22,25);6-7,9-12,14H,4-5,8H2,1-3H3,(H2,22,25). The van der Waals surface area contributed by atoms with Gasteiger partial charge in [-0.1, -0.05) is 68.3 Å². The number of aliphatic imine (C=N–C) groups is 5. The van der Waals surface area contributed by atoms with E-state index in [2.05, 4.69) is 83.4 Å². The number of rotatable bonds is 30. The lowest BCUT2D eigenvalue weighted by Gasteiger charge is -2.43. The fourth-order valence-corrected chi connectivity index (χ4v) is 19.8. The van der Waals surface area contributed by atoms with E-state index in [1.54, 1.807) is 166 Å². The van der Waals surface area contributed by atoms with E-state index in [1.165, 1.54) is 89.5 Å². The van der Waals surface area contributed by atoms with E-state index in [0.29, 0.717) is 116 Å². The monoisotopic (exact) mass is 2030 g/mol. The van der Waals surface area contributed by atoms with Gasteiger partial charge in [0.05, 0.1) is 24.2 Å². The average Bonchev–Trinajstić information content (AvgIpc) is 1.69. The second kappa shape index (κ2) is 46.3. The highest BCUT2D eigenvalue weighted by Gasteiger charge is 2.58. The molecule has 0 spiro atoms. The maximum absolute atomic E-state index is 13.5. The summed E-state index contributed by atoms with van der Waals surface area (Å²) in [5.74, 6) is 1.27. The van der Waals surface area contributed by atoms with Crippen molar-refractivity contribution in [3.05, 3.63) is 262 Å². The number of hydrogen-bond acceptors (Lipinski definition) is 30. The average molecular weight is 2030 g/mol. The van der Waals surface area contributed by atoms with Gasteiger partial charge in [-0.15, -0.1) is 0 Å². The first-order valence-electron chi connectivity index (χ1n) is 48.0. The number of ether oxygens (including phenoxy) is 5. The number of carbonyl (C=O) groups excluding carboxylic acids is 6. The highest BCUT2D eigenvalue weighted by Crippen LogP contribution is 2.53. The number of likely N-dealkylation sites (N-methyl/N-ethyl adjacent to an activating group) is 5. The molecule has 2 fully saturated rings. The van der Waals surface area contributed by atoms with E-state index in [9.17, 15) is 59.5 Å². The molecule has 1 aliphatic carbocycles. The molecule has 0 bridgehead atoms. The van der Waals surface area contributed by atoms with Crippen molar-refractivity contribution in [2.75, 3.05) is 48.8 Å². The molecule has 10 N–H and O–H groups in total. The minimum absolute atomic E-state index is 0.0208. The van der Waals surface area contributed by atoms with E-state index >= 15 is 0 Å². The van der Waals surface area contributed by atoms with Gasteiger partial charge in [-0.05, 0) is 263 Å². The second-order valence-corrected chi connectivity index (χ2v) is 37.2. The summed E-state index contributed by atoms with van der Waals surface area (Å²) in [5, 5.41) is 7.74. The molecule has 778 valence electrons. The Labute approximate surface area is 846 Å². The predicted octanol–water partition coefficient (Wildman–Crippen LogP) is 14.4. The number of halogens is 7. The number of oxazole rings is 1. The first-order chi connectivity index (χ1) is 69.9. The van der Waals surface area contributed by atoms with Gasteiger partial charge in [-0.3, -0.25) is 53.3 Å². The molecule has 10 heterocycles. The van der Waals surface area contributed by atoms with Crippen LogP contribution in [0.1, 0.15) is 194 Å². The Morgan fingerprint density at radius 3 is 1.32 bits per heavy atom. The highest BCUT2D eigenvalue weighted by molar-refractivity contribution is 6.11. The molecule has 10 aromatic rings. The van der Waals surface area contributed by atoms with E-state index in [4.69, 9.17) is 52.3 Å². The zero-order chi connectivity index (χ0) is 106. The number of hydrogen-bond donors (Lipinski definition) is 5. The first-order valence-corrected chi connectivity index (χ1v) is 48.0. The van der Waals surface area contributed by atoms with E-state index in [-0.39, 0.29) is 107 Å². The van der Waals surface area contributed by atoms with Crippen LogP contribution in [0.25, 0.3) is 11.1 Å². The van der Waals surface area contributed by atoms with Crippen LogP contribution >= 0.6 is 0 Å². The number of piperidine rings is 1. The lowest BCUT2D eigenvalue weighted by atomic mass is 9.68. The van der Waals surface area contributed by atoms with Crippen molar-refractivity contribution >= 4 is 65.1 Å². The molecule has 1 saturated carbocycles. The van der Waals surface area contributed by atoms with Gasteiger partial charge in [-0.25, -0.2) is 63.1 Å². The van der Waals surface area contributed by atoms with Crippen LogP contribution in [-0.4, -0.2) is 217 Å². The van der Waals surface area contributed by atoms with Crippen LogP contribution in [0.15, 0.2) is 213 Å². The molecular weight excluding hydrogens is 1910 g/mol. The number of alkyl halides is 7. The third-order valence-corrected chi connectivity index (χ3v) is 27.5. The van der Waals surface area contributed by atoms with Crippen LogP contribution in [0.3, 0.4) is 0 Å². The molecule has 6 aliphatic heterocycles. The molecule has 17 rings (SSSR count). The number of nitrogens with zero attached hydrogens (tertiary/aromatic N) is 18. The van der Waals surface area contributed by atoms with Gasteiger partial charge in [0, 0.05) is 111 Å². The Kier molecular flexibility index (Phi) is 34.3. The van der Waals surface area contributed by atoms with Crippen molar-refractivity contribution in [1.82, 2.24) is 64.5 Å². The van der Waals surface area contributed by atoms with Gasteiger partial charge >= 0.3 is 13.2 Å². The van der Waals surface area contributed by atoms with Crippen LogP contribution in [-0.2, 0) is 58.1 Å². The van der Waals surface area contributed by atoms with Gasteiger partial charge in [0.1, 0.15) is 47.7 Å². The van der Waals surface area contributed by atoms with E-state index in [1.807, 2.05) is 43.3 Å². The molecule has 6 aromatic carbocycles. The number of aromatic nitrogens is 7. The Bertz CT molecular complexity index is 6580. The fraction of sp³-hybridized carbons (Fsp3) is 0.410. The number of aryl methyl sites for hydroxylation is 6. The predicted molar refractivity (Wildman–Crippen MR) is 535 cm³/mol. The minimum Gasteiger partial charge on any atom is -0.460 e. The summed E-state index contributed by atoms with van der Waals surface area (Å²) in [6.45, 7) is 9.85. The molecule has 12 unspecified atom stereocenters. The molecule has 12 atom stereocenters. The van der Waals surface area contributed by atoms with Crippen molar-refractivity contribution in [3.8, 4) is 39.9 Å². The Morgan fingerprint density at radius 1 is 0.456 bits per heavy atom. The van der Waals surface area contributed by atoms with Crippen LogP contribution in [0.4, 0.5) is 30.7 Å². The maximum atomic E-state index is 13.5. The van der Waals surface area contributed by atoms with Crippen molar-refractivity contribution in [3.63, 3.8) is 0 Å². The number of Topliss-reactive ketones (excluding diaryl/α,β-unsaturated/α-hetero) is 1. The number of ketones is 1. The molecule has 42 heteroatoms. The lowest BCUT2D eigenvalue weighted by molar-refractivity contribution is -0.134. The summed E-state index contributed by atoms with van der Waals surface area (Å²) in [5.41, 5.74) is 33.9. The van der Waals surface area contributed by atoms with Crippen molar-refractivity contribution < 1.29 is 87.6 Å². The van der Waals surface area contributed by atoms with Gasteiger partial charge in [0.25, 0.3) is 29.5 Å². The SMILES string of the molecule is CCCC1CC(C2(c3ccc(OC(F)F)c(C)c3)N=C(N)N(C)C2=O)CCN1C.Cc1cc(C2(C3CCCC(c4ncco4)C3)N=C(N)N(C)C2=O)ccc1OC(F)F.Cc1cc(C2(CCC(=O)c3cncnc3)N=C(N)N(C)C2=O)ccc1OC(C)F.Cc1cc(C2(CCCc3cncnc3)N=C(N)N(C)C2=O)ccc1OC(C)F.Cc1cc(C2(c3cccc(-c4ccnnc4)c3)N=C(N)N(C)C2=O)ccc1OC(C)F. The number of likely N-dealkylation sites (tertiary alicyclic amines) is 1. The Hall–Kier alpha value is -15.4. The third-order valence-electron chi connectivity index (χ3n) is 27.5. The molecule has 1 saturated heterocycles. The van der Waals surface area contributed by atoms with Gasteiger partial charge < -0.3 is 61.7 Å². The zero-order valence-corrected chi connectivity index (χ0v) is 84.4. The van der Waals surface area contributed by atoms with Crippen LogP contribution in [0, 0.1) is 46.5 Å². The molecule has 0 radical (unpaired) electrons. The van der Waals surface area contributed by atoms with Gasteiger partial charge in [0.15, 0.2) is 69.2 Å². The largest absolute Gasteiger partial charge is 0.460 e. The van der Waals surface area contributed by atoms with Crippen molar-refractivity contribution in [2.24, 2.45) is 65.5 Å².